The van der Waals surface area contributed by atoms with Crippen LogP contribution in [0.4, 0.5) is 5.69 Å². The molecule has 6 nitrogen and oxygen atoms in total. The molecule has 132 valence electrons. The smallest absolute Gasteiger partial charge is 0.313 e. The fraction of sp³-hybridized carbons (Fsp3) is 0.368. The van der Waals surface area contributed by atoms with E-state index in [1.54, 1.807) is 36.3 Å². The van der Waals surface area contributed by atoms with E-state index < -0.39 is 11.8 Å². The number of aryl methyl sites for hydroxylation is 1. The molecule has 1 fully saturated rings. The van der Waals surface area contributed by atoms with E-state index in [4.69, 9.17) is 4.74 Å². The normalized spacial score (nSPS) is 17.2. The largest absolute Gasteiger partial charge is 0.497 e. The zero-order chi connectivity index (χ0) is 17.8. The molecule has 0 unspecified atom stereocenters. The molecule has 1 N–H and O–H groups in total. The number of rotatable bonds is 3. The molecular formula is C19H23N3O3. The van der Waals surface area contributed by atoms with Gasteiger partial charge in [-0.15, -0.1) is 0 Å². The van der Waals surface area contributed by atoms with Crippen molar-refractivity contribution in [1.82, 2.24) is 9.47 Å². The number of anilines is 1. The molecule has 1 saturated heterocycles. The SMILES string of the molecule is COc1cccc(NC(=O)C(=O)N2CCCC[C@H]2c2cccn2C)c1. The minimum absolute atomic E-state index is 0.0580. The Labute approximate surface area is 147 Å². The highest BCUT2D eigenvalue weighted by atomic mass is 16.5. The minimum Gasteiger partial charge on any atom is -0.497 e. The molecule has 2 aromatic rings. The van der Waals surface area contributed by atoms with E-state index in [2.05, 4.69) is 5.32 Å². The van der Waals surface area contributed by atoms with Gasteiger partial charge >= 0.3 is 11.8 Å². The second-order valence-electron chi connectivity index (χ2n) is 6.24. The molecule has 25 heavy (non-hydrogen) atoms. The molecule has 1 aromatic carbocycles. The molecule has 0 spiro atoms. The van der Waals surface area contributed by atoms with Crippen molar-refractivity contribution in [3.05, 3.63) is 48.3 Å². The van der Waals surface area contributed by atoms with Crippen LogP contribution >= 0.6 is 0 Å². The molecule has 1 aromatic heterocycles. The molecular weight excluding hydrogens is 318 g/mol. The van der Waals surface area contributed by atoms with E-state index in [1.165, 1.54) is 0 Å². The van der Waals surface area contributed by atoms with Crippen LogP contribution in [0.5, 0.6) is 5.75 Å². The highest BCUT2D eigenvalue weighted by Crippen LogP contribution is 2.31. The molecule has 1 aliphatic heterocycles. The third-order valence-corrected chi connectivity index (χ3v) is 4.61. The maximum Gasteiger partial charge on any atom is 0.313 e. The Hall–Kier alpha value is -2.76. The first-order valence-electron chi connectivity index (χ1n) is 8.47. The summed E-state index contributed by atoms with van der Waals surface area (Å²) in [5.41, 5.74) is 1.60. The van der Waals surface area contributed by atoms with Crippen molar-refractivity contribution in [2.75, 3.05) is 19.0 Å². The van der Waals surface area contributed by atoms with Gasteiger partial charge in [0.15, 0.2) is 0 Å². The van der Waals surface area contributed by atoms with Crippen LogP contribution in [-0.4, -0.2) is 34.9 Å². The zero-order valence-corrected chi connectivity index (χ0v) is 14.6. The van der Waals surface area contributed by atoms with Crippen LogP contribution < -0.4 is 10.1 Å². The average Bonchev–Trinajstić information content (AvgIpc) is 3.07. The first kappa shape index (κ1) is 17.1. The number of methoxy groups -OCH3 is 1. The standard InChI is InChI=1S/C19H23N3O3/c1-21-11-6-10-16(21)17-9-3-4-12-22(17)19(24)18(23)20-14-7-5-8-15(13-14)25-2/h5-8,10-11,13,17H,3-4,9,12H2,1-2H3,(H,20,23)/t17-/m0/s1. The molecule has 3 rings (SSSR count). The Morgan fingerprint density at radius 1 is 1.20 bits per heavy atom. The molecule has 6 heteroatoms. The van der Waals surface area contributed by atoms with Gasteiger partial charge in [-0.2, -0.15) is 0 Å². The summed E-state index contributed by atoms with van der Waals surface area (Å²) in [5, 5.41) is 2.68. The molecule has 2 amide bonds. The molecule has 1 aliphatic rings. The van der Waals surface area contributed by atoms with Crippen molar-refractivity contribution in [2.24, 2.45) is 7.05 Å². The number of piperidine rings is 1. The van der Waals surface area contributed by atoms with Crippen molar-refractivity contribution in [2.45, 2.75) is 25.3 Å². The lowest BCUT2D eigenvalue weighted by Gasteiger charge is -2.35. The highest BCUT2D eigenvalue weighted by Gasteiger charge is 2.32. The van der Waals surface area contributed by atoms with Gasteiger partial charge in [-0.25, -0.2) is 0 Å². The summed E-state index contributed by atoms with van der Waals surface area (Å²) in [4.78, 5) is 26.9. The van der Waals surface area contributed by atoms with Crippen LogP contribution in [0.25, 0.3) is 0 Å². The fourth-order valence-corrected chi connectivity index (χ4v) is 3.32. The highest BCUT2D eigenvalue weighted by molar-refractivity contribution is 6.39. The van der Waals surface area contributed by atoms with Crippen LogP contribution in [0.15, 0.2) is 42.6 Å². The quantitative estimate of drug-likeness (QED) is 0.873. The summed E-state index contributed by atoms with van der Waals surface area (Å²) in [7, 11) is 3.52. The van der Waals surface area contributed by atoms with Gasteiger partial charge < -0.3 is 19.5 Å². The number of carbonyl (C=O) groups excluding carboxylic acids is 2. The molecule has 0 saturated carbocycles. The second-order valence-corrected chi connectivity index (χ2v) is 6.24. The van der Waals surface area contributed by atoms with E-state index in [1.807, 2.05) is 29.9 Å². The van der Waals surface area contributed by atoms with Gasteiger partial charge in [0.2, 0.25) is 0 Å². The Morgan fingerprint density at radius 3 is 2.76 bits per heavy atom. The van der Waals surface area contributed by atoms with Gasteiger partial charge in [-0.05, 0) is 43.5 Å². The van der Waals surface area contributed by atoms with Gasteiger partial charge in [-0.3, -0.25) is 9.59 Å². The van der Waals surface area contributed by atoms with E-state index in [0.717, 1.165) is 25.0 Å². The van der Waals surface area contributed by atoms with E-state index in [9.17, 15) is 9.59 Å². The Balaban J connectivity index is 1.75. The van der Waals surface area contributed by atoms with Crippen molar-refractivity contribution in [3.63, 3.8) is 0 Å². The van der Waals surface area contributed by atoms with Crippen molar-refractivity contribution in [3.8, 4) is 5.75 Å². The van der Waals surface area contributed by atoms with Gasteiger partial charge in [0.05, 0.1) is 13.2 Å². The second kappa shape index (κ2) is 7.42. The summed E-state index contributed by atoms with van der Waals surface area (Å²) in [6.07, 6.45) is 4.80. The third-order valence-electron chi connectivity index (χ3n) is 4.61. The van der Waals surface area contributed by atoms with E-state index in [-0.39, 0.29) is 6.04 Å². The lowest BCUT2D eigenvalue weighted by Crippen LogP contribution is -2.44. The van der Waals surface area contributed by atoms with Crippen molar-refractivity contribution >= 4 is 17.5 Å². The summed E-state index contributed by atoms with van der Waals surface area (Å²) < 4.78 is 7.15. The van der Waals surface area contributed by atoms with E-state index in [0.29, 0.717) is 18.0 Å². The summed E-state index contributed by atoms with van der Waals surface area (Å²) in [6, 6.07) is 10.9. The Kier molecular flexibility index (Phi) is 5.07. The van der Waals surface area contributed by atoms with Crippen LogP contribution in [-0.2, 0) is 16.6 Å². The molecule has 2 heterocycles. The number of benzene rings is 1. The number of nitrogens with zero attached hydrogens (tertiary/aromatic N) is 2. The molecule has 1 atom stereocenters. The summed E-state index contributed by atoms with van der Waals surface area (Å²) in [6.45, 7) is 0.597. The van der Waals surface area contributed by atoms with Crippen molar-refractivity contribution < 1.29 is 14.3 Å². The molecule has 0 aliphatic carbocycles. The number of aromatic nitrogens is 1. The number of likely N-dealkylation sites (tertiary alicyclic amines) is 1. The van der Waals surface area contributed by atoms with Gasteiger partial charge in [0, 0.05) is 37.2 Å². The predicted octanol–water partition coefficient (Wildman–Crippen LogP) is 2.73. The Bertz CT molecular complexity index is 769. The summed E-state index contributed by atoms with van der Waals surface area (Å²) >= 11 is 0. The van der Waals surface area contributed by atoms with Crippen LogP contribution in [0.3, 0.4) is 0 Å². The number of ether oxygens (including phenoxy) is 1. The topological polar surface area (TPSA) is 63.6 Å². The van der Waals surface area contributed by atoms with Crippen LogP contribution in [0, 0.1) is 0 Å². The van der Waals surface area contributed by atoms with E-state index >= 15 is 0 Å². The lowest BCUT2D eigenvalue weighted by atomic mass is 9.99. The summed E-state index contributed by atoms with van der Waals surface area (Å²) in [5.74, 6) is -0.479. The lowest BCUT2D eigenvalue weighted by molar-refractivity contribution is -0.146. The Morgan fingerprint density at radius 2 is 2.04 bits per heavy atom. The van der Waals surface area contributed by atoms with Gasteiger partial charge in [-0.1, -0.05) is 6.07 Å². The van der Waals surface area contributed by atoms with Crippen LogP contribution in [0.2, 0.25) is 0 Å². The van der Waals surface area contributed by atoms with Gasteiger partial charge in [0.25, 0.3) is 0 Å². The maximum absolute atomic E-state index is 12.7. The zero-order valence-electron chi connectivity index (χ0n) is 14.6. The first-order chi connectivity index (χ1) is 12.1. The first-order valence-corrected chi connectivity index (χ1v) is 8.47. The van der Waals surface area contributed by atoms with Gasteiger partial charge in [0.1, 0.15) is 5.75 Å². The average molecular weight is 341 g/mol. The molecule has 0 bridgehead atoms. The fourth-order valence-electron chi connectivity index (χ4n) is 3.32. The maximum atomic E-state index is 12.7. The van der Waals surface area contributed by atoms with Crippen molar-refractivity contribution in [1.29, 1.82) is 0 Å². The third kappa shape index (κ3) is 3.68. The number of carbonyl (C=O) groups is 2. The predicted molar refractivity (Wildman–Crippen MR) is 95.3 cm³/mol. The number of hydrogen-bond donors (Lipinski definition) is 1. The van der Waals surface area contributed by atoms with Crippen LogP contribution in [0.1, 0.15) is 31.0 Å². The molecule has 0 radical (unpaired) electrons. The minimum atomic E-state index is -0.616. The number of hydrogen-bond acceptors (Lipinski definition) is 3. The number of amides is 2. The number of nitrogens with one attached hydrogen (secondary N) is 1. The monoisotopic (exact) mass is 341 g/mol.